The molecule has 0 spiro atoms. The summed E-state index contributed by atoms with van der Waals surface area (Å²) in [6.45, 7) is 1.87. The number of nitrogens with zero attached hydrogens (tertiary/aromatic N) is 6. The summed E-state index contributed by atoms with van der Waals surface area (Å²) in [4.78, 5) is 12.9. The fourth-order valence-electron chi connectivity index (χ4n) is 4.97. The zero-order valence-corrected chi connectivity index (χ0v) is 23.9. The Morgan fingerprint density at radius 3 is 2.63 bits per heavy atom. The van der Waals surface area contributed by atoms with Gasteiger partial charge in [-0.2, -0.15) is 23.0 Å². The molecule has 0 unspecified atom stereocenters. The maximum absolute atomic E-state index is 15.4. The average Bonchev–Trinajstić information content (AvgIpc) is 3.31. The van der Waals surface area contributed by atoms with Crippen molar-refractivity contribution in [3.8, 4) is 27.3 Å². The smallest absolute Gasteiger partial charge is 0.436 e. The highest BCUT2D eigenvalue weighted by Gasteiger charge is 2.35. The molecule has 9 nitrogen and oxygen atoms in total. The second kappa shape index (κ2) is 10.8. The molecule has 0 saturated heterocycles. The SMILES string of the molecule is Cc1cc(C(N)=O)sc1-c1cnn([C@@H](CC2CC2)c2ccc(-c3c(-n4cc(C(F)(F)F)nn4)ccc(Cl)c3F)c[n+]2[O-])c1. The van der Waals surface area contributed by atoms with Gasteiger partial charge in [0.15, 0.2) is 17.7 Å². The summed E-state index contributed by atoms with van der Waals surface area (Å²) in [6.07, 6.45) is 3.17. The predicted octanol–water partition coefficient (Wildman–Crippen LogP) is 6.10. The molecule has 1 aliphatic carbocycles. The van der Waals surface area contributed by atoms with Gasteiger partial charge in [0.2, 0.25) is 5.69 Å². The lowest BCUT2D eigenvalue weighted by molar-refractivity contribution is -0.615. The Morgan fingerprint density at radius 2 is 2.00 bits per heavy atom. The number of rotatable bonds is 8. The van der Waals surface area contributed by atoms with Crippen molar-refractivity contribution in [3.05, 3.63) is 93.0 Å². The Balaban J connectivity index is 1.39. The van der Waals surface area contributed by atoms with Crippen molar-refractivity contribution in [1.82, 2.24) is 24.8 Å². The van der Waals surface area contributed by atoms with Crippen molar-refractivity contribution in [2.75, 3.05) is 0 Å². The number of aromatic nitrogens is 6. The zero-order chi connectivity index (χ0) is 30.6. The van der Waals surface area contributed by atoms with Crippen molar-refractivity contribution in [3.63, 3.8) is 0 Å². The minimum absolute atomic E-state index is 0.0782. The van der Waals surface area contributed by atoms with E-state index in [1.165, 1.54) is 29.5 Å². The molecular weight excluding hydrogens is 610 g/mol. The van der Waals surface area contributed by atoms with Gasteiger partial charge in [-0.25, -0.2) is 9.07 Å². The number of halogens is 5. The van der Waals surface area contributed by atoms with E-state index in [2.05, 4.69) is 15.4 Å². The van der Waals surface area contributed by atoms with Crippen molar-refractivity contribution >= 4 is 28.8 Å². The lowest BCUT2D eigenvalue weighted by atomic mass is 10.0. The fourth-order valence-corrected chi connectivity index (χ4v) is 6.12. The molecule has 0 aliphatic heterocycles. The standard InChI is InChI=1S/C28H22ClF4N7O2S/c1-14-8-22(27(34)41)43-26(14)17-10-35-38(11-17)21(9-15-2-3-15)19-6-4-16(12-40(19)42)24-20(7-5-18(29)25(24)30)39-13-23(36-37-39)28(31,32)33/h4-8,10-13,15,21H,2-3,9H2,1H3,(H2,34,41)/t21-/m0/s1. The van der Waals surface area contributed by atoms with Crippen LogP contribution in [0.4, 0.5) is 17.6 Å². The van der Waals surface area contributed by atoms with E-state index in [1.54, 1.807) is 23.0 Å². The summed E-state index contributed by atoms with van der Waals surface area (Å²) in [5, 5.41) is 24.4. The zero-order valence-electron chi connectivity index (χ0n) is 22.3. The maximum Gasteiger partial charge on any atom is 0.436 e. The first-order valence-electron chi connectivity index (χ1n) is 13.1. The Hall–Kier alpha value is -4.30. The van der Waals surface area contributed by atoms with E-state index in [0.717, 1.165) is 39.7 Å². The monoisotopic (exact) mass is 631 g/mol. The molecule has 1 atom stereocenters. The Labute approximate surface area is 250 Å². The Kier molecular flexibility index (Phi) is 7.21. The Morgan fingerprint density at radius 1 is 1.23 bits per heavy atom. The van der Waals surface area contributed by atoms with Gasteiger partial charge in [0, 0.05) is 22.7 Å². The Bertz CT molecular complexity index is 1860. The second-order valence-corrected chi connectivity index (χ2v) is 11.8. The molecule has 1 aromatic carbocycles. The number of primary amides is 1. The quantitative estimate of drug-likeness (QED) is 0.126. The maximum atomic E-state index is 15.4. The summed E-state index contributed by atoms with van der Waals surface area (Å²) in [6, 6.07) is 6.81. The number of alkyl halides is 3. The third-order valence-corrected chi connectivity index (χ3v) is 8.87. The molecule has 43 heavy (non-hydrogen) atoms. The minimum Gasteiger partial charge on any atom is -0.618 e. The summed E-state index contributed by atoms with van der Waals surface area (Å²) < 4.78 is 58.0. The molecule has 15 heteroatoms. The lowest BCUT2D eigenvalue weighted by Gasteiger charge is -2.18. The number of carbonyl (C=O) groups is 1. The van der Waals surface area contributed by atoms with Gasteiger partial charge in [0.1, 0.15) is 6.04 Å². The molecule has 1 saturated carbocycles. The molecule has 4 heterocycles. The fraction of sp³-hybridized carbons (Fsp3) is 0.250. The van der Waals surface area contributed by atoms with Crippen LogP contribution in [0.3, 0.4) is 0 Å². The molecular formula is C28H22ClF4N7O2S. The van der Waals surface area contributed by atoms with Gasteiger partial charge in [0.05, 0.1) is 39.1 Å². The van der Waals surface area contributed by atoms with Gasteiger partial charge in [-0.15, -0.1) is 16.4 Å². The molecule has 5 aromatic rings. The largest absolute Gasteiger partial charge is 0.618 e. The molecule has 2 N–H and O–H groups in total. The van der Waals surface area contributed by atoms with Crippen LogP contribution in [0.1, 0.15) is 51.9 Å². The molecule has 0 radical (unpaired) electrons. The highest BCUT2D eigenvalue weighted by atomic mass is 35.5. The first-order chi connectivity index (χ1) is 20.4. The van der Waals surface area contributed by atoms with Crippen LogP contribution in [0.5, 0.6) is 0 Å². The number of aryl methyl sites for hydroxylation is 1. The topological polar surface area (TPSA) is 119 Å². The van der Waals surface area contributed by atoms with Crippen LogP contribution in [-0.4, -0.2) is 30.7 Å². The van der Waals surface area contributed by atoms with Crippen LogP contribution in [-0.2, 0) is 6.18 Å². The normalized spacial score (nSPS) is 14.3. The number of nitrogens with two attached hydrogens (primary N) is 1. The third kappa shape index (κ3) is 5.59. The van der Waals surface area contributed by atoms with Crippen molar-refractivity contribution < 1.29 is 27.1 Å². The number of thiophene rings is 1. The van der Waals surface area contributed by atoms with Crippen molar-refractivity contribution in [2.45, 2.75) is 38.4 Å². The molecule has 222 valence electrons. The first kappa shape index (κ1) is 28.8. The van der Waals surface area contributed by atoms with Gasteiger partial charge in [-0.3, -0.25) is 9.48 Å². The molecule has 4 aromatic heterocycles. The number of hydrogen-bond acceptors (Lipinski definition) is 6. The van der Waals surface area contributed by atoms with Gasteiger partial charge < -0.3 is 10.9 Å². The summed E-state index contributed by atoms with van der Waals surface area (Å²) in [5.74, 6) is -1.05. The van der Waals surface area contributed by atoms with Crippen LogP contribution in [0.15, 0.2) is 55.1 Å². The average molecular weight is 632 g/mol. The number of hydrogen-bond donors (Lipinski definition) is 1. The number of benzene rings is 1. The highest BCUT2D eigenvalue weighted by molar-refractivity contribution is 7.17. The second-order valence-electron chi connectivity index (χ2n) is 10.4. The van der Waals surface area contributed by atoms with E-state index in [-0.39, 0.29) is 21.8 Å². The number of pyridine rings is 1. The van der Waals surface area contributed by atoms with Crippen LogP contribution < -0.4 is 10.5 Å². The van der Waals surface area contributed by atoms with Crippen LogP contribution in [0.2, 0.25) is 5.02 Å². The van der Waals surface area contributed by atoms with E-state index in [9.17, 15) is 23.2 Å². The predicted molar refractivity (Wildman–Crippen MR) is 150 cm³/mol. The summed E-state index contributed by atoms with van der Waals surface area (Å²) >= 11 is 7.29. The van der Waals surface area contributed by atoms with E-state index in [1.807, 2.05) is 13.1 Å². The lowest BCUT2D eigenvalue weighted by Crippen LogP contribution is -2.35. The number of carbonyl (C=O) groups excluding carboxylic acids is 1. The van der Waals surface area contributed by atoms with E-state index < -0.39 is 29.6 Å². The van der Waals surface area contributed by atoms with E-state index in [4.69, 9.17) is 17.3 Å². The van der Waals surface area contributed by atoms with Crippen LogP contribution in [0.25, 0.3) is 27.3 Å². The van der Waals surface area contributed by atoms with E-state index in [0.29, 0.717) is 33.8 Å². The highest BCUT2D eigenvalue weighted by Crippen LogP contribution is 2.40. The molecule has 1 aliphatic rings. The van der Waals surface area contributed by atoms with Gasteiger partial charge in [0.25, 0.3) is 5.91 Å². The first-order valence-corrected chi connectivity index (χ1v) is 14.3. The minimum atomic E-state index is -4.75. The van der Waals surface area contributed by atoms with Crippen molar-refractivity contribution in [1.29, 1.82) is 0 Å². The molecule has 1 fully saturated rings. The summed E-state index contributed by atoms with van der Waals surface area (Å²) in [5.41, 5.74) is 5.96. The van der Waals surface area contributed by atoms with Gasteiger partial charge >= 0.3 is 6.18 Å². The summed E-state index contributed by atoms with van der Waals surface area (Å²) in [7, 11) is 0. The molecule has 0 bridgehead atoms. The third-order valence-electron chi connectivity index (χ3n) is 7.28. The van der Waals surface area contributed by atoms with Crippen LogP contribution >= 0.6 is 22.9 Å². The van der Waals surface area contributed by atoms with Gasteiger partial charge in [-0.05, 0) is 49.1 Å². The van der Waals surface area contributed by atoms with Gasteiger partial charge in [-0.1, -0.05) is 29.7 Å². The molecule has 1 amide bonds. The van der Waals surface area contributed by atoms with Crippen LogP contribution in [0, 0.1) is 23.9 Å². The number of amides is 1. The van der Waals surface area contributed by atoms with E-state index >= 15 is 4.39 Å². The molecule has 6 rings (SSSR count). The van der Waals surface area contributed by atoms with Crippen molar-refractivity contribution in [2.24, 2.45) is 11.7 Å².